The van der Waals surface area contributed by atoms with Gasteiger partial charge in [0.15, 0.2) is 0 Å². The number of ether oxygens (including phenoxy) is 1. The molecule has 0 heterocycles. The summed E-state index contributed by atoms with van der Waals surface area (Å²) in [6.07, 6.45) is -4.72. The van der Waals surface area contributed by atoms with Crippen LogP contribution < -0.4 is 5.32 Å². The lowest BCUT2D eigenvalue weighted by atomic mass is 10.4. The molecule has 0 aliphatic rings. The summed E-state index contributed by atoms with van der Waals surface area (Å²) >= 11 is 0. The first kappa shape index (κ1) is 13.7. The van der Waals surface area contributed by atoms with Crippen LogP contribution in [0.2, 0.25) is 0 Å². The molecule has 0 rings (SSSR count). The summed E-state index contributed by atoms with van der Waals surface area (Å²) < 4.78 is 38.7. The fourth-order valence-corrected chi connectivity index (χ4v) is 0.615. The first-order valence-electron chi connectivity index (χ1n) is 3.94. The Balaban J connectivity index is 3.44. The topological polar surface area (TPSA) is 75.6 Å². The number of aliphatic carboxylic acids is 1. The van der Waals surface area contributed by atoms with Crippen molar-refractivity contribution >= 4 is 11.9 Å². The maximum Gasteiger partial charge on any atom is 0.411 e. The molecule has 1 amide bonds. The van der Waals surface area contributed by atoms with Crippen molar-refractivity contribution in [2.24, 2.45) is 0 Å². The lowest BCUT2D eigenvalue weighted by Gasteiger charge is -2.07. The van der Waals surface area contributed by atoms with Gasteiger partial charge in [-0.15, -0.1) is 0 Å². The largest absolute Gasteiger partial charge is 0.480 e. The summed E-state index contributed by atoms with van der Waals surface area (Å²) in [6.45, 7) is -2.37. The molecule has 5 nitrogen and oxygen atoms in total. The molecule has 0 aliphatic carbocycles. The van der Waals surface area contributed by atoms with Crippen molar-refractivity contribution < 1.29 is 32.6 Å². The molecule has 15 heavy (non-hydrogen) atoms. The van der Waals surface area contributed by atoms with Gasteiger partial charge in [-0.3, -0.25) is 9.59 Å². The fourth-order valence-electron chi connectivity index (χ4n) is 0.615. The van der Waals surface area contributed by atoms with Crippen LogP contribution in [0.25, 0.3) is 0 Å². The van der Waals surface area contributed by atoms with Crippen LogP contribution in [-0.2, 0) is 14.3 Å². The monoisotopic (exact) mass is 229 g/mol. The van der Waals surface area contributed by atoms with Crippen LogP contribution in [0.3, 0.4) is 0 Å². The number of rotatable bonds is 6. The third kappa shape index (κ3) is 10.6. The van der Waals surface area contributed by atoms with Crippen molar-refractivity contribution in [3.63, 3.8) is 0 Å². The van der Waals surface area contributed by atoms with Gasteiger partial charge >= 0.3 is 12.1 Å². The number of carbonyl (C=O) groups excluding carboxylic acids is 1. The molecule has 0 radical (unpaired) electrons. The van der Waals surface area contributed by atoms with E-state index in [2.05, 4.69) is 4.74 Å². The van der Waals surface area contributed by atoms with Gasteiger partial charge < -0.3 is 15.2 Å². The second kappa shape index (κ2) is 6.23. The molecule has 0 saturated heterocycles. The number of carboxylic acids is 1. The molecule has 0 aliphatic heterocycles. The Bertz CT molecular complexity index is 229. The van der Waals surface area contributed by atoms with E-state index in [9.17, 15) is 22.8 Å². The highest BCUT2D eigenvalue weighted by Crippen LogP contribution is 2.14. The van der Waals surface area contributed by atoms with Gasteiger partial charge in [-0.25, -0.2) is 0 Å². The van der Waals surface area contributed by atoms with Crippen LogP contribution in [0.15, 0.2) is 0 Å². The fraction of sp³-hybridized carbons (Fsp3) is 0.714. The van der Waals surface area contributed by atoms with Gasteiger partial charge in [0.1, 0.15) is 13.2 Å². The molecule has 0 aromatic carbocycles. The standard InChI is InChI=1S/C7H10F3NO4/c8-7(9,10)4-15-2-1-5(12)11-3-6(13)14/h1-4H2,(H,11,12)(H,13,14). The van der Waals surface area contributed by atoms with Crippen molar-refractivity contribution in [2.75, 3.05) is 19.8 Å². The third-order valence-corrected chi connectivity index (χ3v) is 1.18. The number of hydrogen-bond acceptors (Lipinski definition) is 3. The first-order valence-corrected chi connectivity index (χ1v) is 3.94. The second-order valence-electron chi connectivity index (χ2n) is 2.59. The van der Waals surface area contributed by atoms with Crippen molar-refractivity contribution in [1.82, 2.24) is 5.32 Å². The zero-order valence-electron chi connectivity index (χ0n) is 7.63. The molecular weight excluding hydrogens is 219 g/mol. The number of carboxylic acid groups (broad SMARTS) is 1. The maximum absolute atomic E-state index is 11.5. The van der Waals surface area contributed by atoms with Gasteiger partial charge in [0.25, 0.3) is 0 Å². The Morgan fingerprint density at radius 3 is 2.40 bits per heavy atom. The Morgan fingerprint density at radius 2 is 1.93 bits per heavy atom. The maximum atomic E-state index is 11.5. The predicted molar refractivity (Wildman–Crippen MR) is 42.1 cm³/mol. The number of carbonyl (C=O) groups is 2. The van der Waals surface area contributed by atoms with Crippen LogP contribution in [0.4, 0.5) is 13.2 Å². The molecule has 2 N–H and O–H groups in total. The summed E-state index contributed by atoms with van der Waals surface area (Å²) in [5.41, 5.74) is 0. The van der Waals surface area contributed by atoms with Gasteiger partial charge in [-0.1, -0.05) is 0 Å². The lowest BCUT2D eigenvalue weighted by Crippen LogP contribution is -2.30. The molecule has 0 spiro atoms. The molecule has 0 unspecified atom stereocenters. The van der Waals surface area contributed by atoms with Crippen molar-refractivity contribution in [2.45, 2.75) is 12.6 Å². The smallest absolute Gasteiger partial charge is 0.411 e. The average Bonchev–Trinajstić information content (AvgIpc) is 2.07. The minimum atomic E-state index is -4.42. The average molecular weight is 229 g/mol. The summed E-state index contributed by atoms with van der Waals surface area (Å²) in [5.74, 6) is -1.89. The van der Waals surface area contributed by atoms with Crippen LogP contribution in [0.5, 0.6) is 0 Å². The third-order valence-electron chi connectivity index (χ3n) is 1.18. The van der Waals surface area contributed by atoms with E-state index in [1.165, 1.54) is 0 Å². The summed E-state index contributed by atoms with van der Waals surface area (Å²) in [7, 11) is 0. The zero-order valence-corrected chi connectivity index (χ0v) is 7.63. The summed E-state index contributed by atoms with van der Waals surface area (Å²) in [5, 5.41) is 10.1. The minimum Gasteiger partial charge on any atom is -0.480 e. The Morgan fingerprint density at radius 1 is 1.33 bits per heavy atom. The van der Waals surface area contributed by atoms with Crippen LogP contribution in [-0.4, -0.2) is 42.9 Å². The quantitative estimate of drug-likeness (QED) is 0.636. The molecule has 0 atom stereocenters. The second-order valence-corrected chi connectivity index (χ2v) is 2.59. The highest BCUT2D eigenvalue weighted by Gasteiger charge is 2.27. The lowest BCUT2D eigenvalue weighted by molar-refractivity contribution is -0.174. The van der Waals surface area contributed by atoms with Crippen LogP contribution >= 0.6 is 0 Å². The van der Waals surface area contributed by atoms with E-state index in [1.54, 1.807) is 0 Å². The molecule has 0 bridgehead atoms. The molecule has 0 aromatic rings. The van der Waals surface area contributed by atoms with Crippen molar-refractivity contribution in [3.8, 4) is 0 Å². The SMILES string of the molecule is O=C(O)CNC(=O)CCOCC(F)(F)F. The first-order chi connectivity index (χ1) is 6.81. The summed E-state index contributed by atoms with van der Waals surface area (Å²) in [4.78, 5) is 20.7. The summed E-state index contributed by atoms with van der Waals surface area (Å²) in [6, 6.07) is 0. The van der Waals surface area contributed by atoms with E-state index >= 15 is 0 Å². The molecule has 0 fully saturated rings. The number of halogens is 3. The molecule has 0 saturated carbocycles. The van der Waals surface area contributed by atoms with E-state index in [4.69, 9.17) is 5.11 Å². The predicted octanol–water partition coefficient (Wildman–Crippen LogP) is 0.156. The molecular formula is C7H10F3NO4. The van der Waals surface area contributed by atoms with Crippen LogP contribution in [0, 0.1) is 0 Å². The zero-order chi connectivity index (χ0) is 11.9. The Hall–Kier alpha value is -1.31. The number of amides is 1. The molecule has 0 aromatic heterocycles. The normalized spacial score (nSPS) is 11.1. The van der Waals surface area contributed by atoms with Crippen molar-refractivity contribution in [3.05, 3.63) is 0 Å². The molecule has 88 valence electrons. The number of hydrogen-bond donors (Lipinski definition) is 2. The Kier molecular flexibility index (Phi) is 5.68. The van der Waals surface area contributed by atoms with Gasteiger partial charge in [-0.2, -0.15) is 13.2 Å². The highest BCUT2D eigenvalue weighted by atomic mass is 19.4. The molecule has 8 heteroatoms. The van der Waals surface area contributed by atoms with Gasteiger partial charge in [-0.05, 0) is 0 Å². The van der Waals surface area contributed by atoms with Gasteiger partial charge in [0.05, 0.1) is 6.61 Å². The van der Waals surface area contributed by atoms with E-state index in [-0.39, 0.29) is 6.42 Å². The van der Waals surface area contributed by atoms with Crippen LogP contribution in [0.1, 0.15) is 6.42 Å². The number of nitrogens with one attached hydrogen (secondary N) is 1. The number of alkyl halides is 3. The highest BCUT2D eigenvalue weighted by molar-refractivity contribution is 5.81. The van der Waals surface area contributed by atoms with E-state index in [0.717, 1.165) is 0 Å². The minimum absolute atomic E-state index is 0.302. The van der Waals surface area contributed by atoms with E-state index in [1.807, 2.05) is 5.32 Å². The van der Waals surface area contributed by atoms with Gasteiger partial charge in [0, 0.05) is 6.42 Å². The van der Waals surface area contributed by atoms with E-state index < -0.39 is 37.8 Å². The van der Waals surface area contributed by atoms with Gasteiger partial charge in [0.2, 0.25) is 5.91 Å². The Labute approximate surface area is 83.2 Å². The van der Waals surface area contributed by atoms with E-state index in [0.29, 0.717) is 0 Å². The van der Waals surface area contributed by atoms with Crippen molar-refractivity contribution in [1.29, 1.82) is 0 Å².